The summed E-state index contributed by atoms with van der Waals surface area (Å²) < 4.78 is 22.4. The summed E-state index contributed by atoms with van der Waals surface area (Å²) in [6, 6.07) is 2.92. The van der Waals surface area contributed by atoms with Gasteiger partial charge in [0.2, 0.25) is 0 Å². The molecule has 1 unspecified atom stereocenters. The summed E-state index contributed by atoms with van der Waals surface area (Å²) in [5.74, 6) is 0.239. The van der Waals surface area contributed by atoms with Crippen LogP contribution in [-0.2, 0) is 16.3 Å². The van der Waals surface area contributed by atoms with Crippen molar-refractivity contribution in [2.24, 2.45) is 0 Å². The zero-order chi connectivity index (χ0) is 15.3. The first-order valence-electron chi connectivity index (χ1n) is 6.42. The van der Waals surface area contributed by atoms with Gasteiger partial charge in [0.25, 0.3) is 5.91 Å². The summed E-state index contributed by atoms with van der Waals surface area (Å²) in [5.41, 5.74) is 1.28. The van der Waals surface area contributed by atoms with E-state index >= 15 is 0 Å². The van der Waals surface area contributed by atoms with E-state index in [1.165, 1.54) is 0 Å². The third-order valence-electron chi connectivity index (χ3n) is 2.69. The molecule has 0 saturated carbocycles. The van der Waals surface area contributed by atoms with Gasteiger partial charge in [-0.05, 0) is 25.5 Å². The topological polar surface area (TPSA) is 88.2 Å². The number of amides is 1. The van der Waals surface area contributed by atoms with E-state index in [2.05, 4.69) is 15.6 Å². The lowest BCUT2D eigenvalue weighted by Crippen LogP contribution is -2.37. The fraction of sp³-hybridized carbons (Fsp3) is 0.538. The molecule has 6 nitrogen and oxygen atoms in total. The molecule has 7 heteroatoms. The quantitative estimate of drug-likeness (QED) is 0.813. The number of carbonyl (C=O) groups excluding carboxylic acids is 1. The normalized spacial score (nSPS) is 12.8. The van der Waals surface area contributed by atoms with Crippen LogP contribution in [0.5, 0.6) is 0 Å². The highest BCUT2D eigenvalue weighted by molar-refractivity contribution is 7.90. The number of aromatic nitrogens is 1. The van der Waals surface area contributed by atoms with E-state index in [4.69, 9.17) is 0 Å². The van der Waals surface area contributed by atoms with E-state index in [1.807, 2.05) is 6.92 Å². The molecule has 0 aliphatic rings. The van der Waals surface area contributed by atoms with Crippen LogP contribution < -0.4 is 10.6 Å². The number of aryl methyl sites for hydroxylation is 1. The Hall–Kier alpha value is -1.63. The van der Waals surface area contributed by atoms with E-state index in [0.717, 1.165) is 11.9 Å². The van der Waals surface area contributed by atoms with Gasteiger partial charge in [0.1, 0.15) is 15.7 Å². The van der Waals surface area contributed by atoms with Crippen molar-refractivity contribution >= 4 is 21.6 Å². The van der Waals surface area contributed by atoms with Gasteiger partial charge in [-0.1, -0.05) is 6.92 Å². The molecular formula is C13H21N3O3S. The van der Waals surface area contributed by atoms with Gasteiger partial charge in [0.05, 0.1) is 5.75 Å². The second kappa shape index (κ2) is 6.69. The van der Waals surface area contributed by atoms with Gasteiger partial charge in [0, 0.05) is 30.6 Å². The summed E-state index contributed by atoms with van der Waals surface area (Å²) in [7, 11) is -1.38. The van der Waals surface area contributed by atoms with Crippen molar-refractivity contribution < 1.29 is 13.2 Å². The second-order valence-electron chi connectivity index (χ2n) is 4.80. The van der Waals surface area contributed by atoms with Crippen LogP contribution in [0.4, 0.5) is 5.82 Å². The fourth-order valence-corrected chi connectivity index (χ4v) is 2.82. The summed E-state index contributed by atoms with van der Waals surface area (Å²) in [6.45, 7) is 3.62. The van der Waals surface area contributed by atoms with Crippen LogP contribution in [0.25, 0.3) is 0 Å². The molecule has 1 aromatic rings. The number of sulfone groups is 1. The highest BCUT2D eigenvalue weighted by Gasteiger charge is 2.15. The van der Waals surface area contributed by atoms with Crippen LogP contribution in [0.3, 0.4) is 0 Å². The molecular weight excluding hydrogens is 278 g/mol. The van der Waals surface area contributed by atoms with Gasteiger partial charge in [0.15, 0.2) is 0 Å². The van der Waals surface area contributed by atoms with Crippen LogP contribution in [0.2, 0.25) is 0 Å². The van der Waals surface area contributed by atoms with Crippen molar-refractivity contribution in [1.82, 2.24) is 10.3 Å². The molecule has 2 N–H and O–H groups in total. The average molecular weight is 299 g/mol. The first-order valence-corrected chi connectivity index (χ1v) is 8.48. The largest absolute Gasteiger partial charge is 0.373 e. The first kappa shape index (κ1) is 16.4. The third-order valence-corrected chi connectivity index (χ3v) is 3.79. The van der Waals surface area contributed by atoms with Crippen molar-refractivity contribution in [3.8, 4) is 0 Å². The van der Waals surface area contributed by atoms with Gasteiger partial charge in [-0.25, -0.2) is 13.4 Å². The summed E-state index contributed by atoms with van der Waals surface area (Å²) in [4.78, 5) is 16.4. The van der Waals surface area contributed by atoms with E-state index in [-0.39, 0.29) is 11.7 Å². The van der Waals surface area contributed by atoms with E-state index in [0.29, 0.717) is 17.8 Å². The molecule has 0 aliphatic carbocycles. The Balaban J connectivity index is 2.86. The maximum atomic E-state index is 12.1. The molecule has 0 spiro atoms. The zero-order valence-corrected chi connectivity index (χ0v) is 13.0. The Morgan fingerprint density at radius 3 is 2.55 bits per heavy atom. The predicted molar refractivity (Wildman–Crippen MR) is 79.8 cm³/mol. The lowest BCUT2D eigenvalue weighted by molar-refractivity contribution is 0.0943. The van der Waals surface area contributed by atoms with Crippen LogP contribution in [0, 0.1) is 0 Å². The lowest BCUT2D eigenvalue weighted by atomic mass is 10.1. The number of rotatable bonds is 6. The van der Waals surface area contributed by atoms with Gasteiger partial charge >= 0.3 is 0 Å². The standard InChI is InChI=1S/C13H21N3O3S/c1-5-11-6-10(7-12(14-3)16-11)13(17)15-9(2)8-20(4,18)19/h6-7,9H,5,8H2,1-4H3,(H,14,16)(H,15,17). The maximum Gasteiger partial charge on any atom is 0.251 e. The summed E-state index contributed by atoms with van der Waals surface area (Å²) in [5, 5.41) is 5.58. The van der Waals surface area contributed by atoms with Gasteiger partial charge < -0.3 is 10.6 Å². The van der Waals surface area contributed by atoms with Crippen LogP contribution >= 0.6 is 0 Å². The van der Waals surface area contributed by atoms with E-state index in [1.54, 1.807) is 26.1 Å². The monoisotopic (exact) mass is 299 g/mol. The minimum absolute atomic E-state index is 0.0800. The highest BCUT2D eigenvalue weighted by atomic mass is 32.2. The fourth-order valence-electron chi connectivity index (χ4n) is 1.83. The molecule has 0 aliphatic heterocycles. The highest BCUT2D eigenvalue weighted by Crippen LogP contribution is 2.11. The Morgan fingerprint density at radius 2 is 2.05 bits per heavy atom. The van der Waals surface area contributed by atoms with Crippen molar-refractivity contribution in [3.63, 3.8) is 0 Å². The molecule has 1 amide bonds. The number of anilines is 1. The van der Waals surface area contributed by atoms with E-state index in [9.17, 15) is 13.2 Å². The zero-order valence-electron chi connectivity index (χ0n) is 12.2. The van der Waals surface area contributed by atoms with Crippen molar-refractivity contribution in [1.29, 1.82) is 0 Å². The molecule has 1 heterocycles. The molecule has 1 aromatic heterocycles. The number of hydrogen-bond donors (Lipinski definition) is 2. The Morgan fingerprint density at radius 1 is 1.40 bits per heavy atom. The SMILES string of the molecule is CCc1cc(C(=O)NC(C)CS(C)(=O)=O)cc(NC)n1. The molecule has 1 atom stereocenters. The Bertz CT molecular complexity index is 562. The van der Waals surface area contributed by atoms with E-state index < -0.39 is 15.9 Å². The first-order chi connectivity index (χ1) is 9.25. The van der Waals surface area contributed by atoms with Gasteiger partial charge in [-0.3, -0.25) is 4.79 Å². The number of hydrogen-bond acceptors (Lipinski definition) is 5. The van der Waals surface area contributed by atoms with Crippen molar-refractivity contribution in [3.05, 3.63) is 23.4 Å². The second-order valence-corrected chi connectivity index (χ2v) is 6.99. The molecule has 0 bridgehead atoms. The molecule has 0 aromatic carbocycles. The maximum absolute atomic E-state index is 12.1. The van der Waals surface area contributed by atoms with Crippen LogP contribution in [-0.4, -0.2) is 44.4 Å². The minimum atomic E-state index is -3.12. The van der Waals surface area contributed by atoms with Crippen LogP contribution in [0.15, 0.2) is 12.1 Å². The minimum Gasteiger partial charge on any atom is -0.373 e. The average Bonchev–Trinajstić information content (AvgIpc) is 2.35. The molecule has 0 saturated heterocycles. The smallest absolute Gasteiger partial charge is 0.251 e. The molecule has 1 rings (SSSR count). The Labute approximate surface area is 119 Å². The number of nitrogens with zero attached hydrogens (tertiary/aromatic N) is 1. The molecule has 112 valence electrons. The van der Waals surface area contributed by atoms with Gasteiger partial charge in [-0.15, -0.1) is 0 Å². The summed E-state index contributed by atoms with van der Waals surface area (Å²) in [6.07, 6.45) is 1.87. The lowest BCUT2D eigenvalue weighted by Gasteiger charge is -2.14. The van der Waals surface area contributed by atoms with Gasteiger partial charge in [-0.2, -0.15) is 0 Å². The third kappa shape index (κ3) is 5.16. The number of nitrogens with one attached hydrogen (secondary N) is 2. The Kier molecular flexibility index (Phi) is 5.50. The number of pyridine rings is 1. The van der Waals surface area contributed by atoms with Crippen molar-refractivity contribution in [2.45, 2.75) is 26.3 Å². The van der Waals surface area contributed by atoms with Crippen LogP contribution in [0.1, 0.15) is 29.9 Å². The van der Waals surface area contributed by atoms with Crippen molar-refractivity contribution in [2.75, 3.05) is 24.4 Å². The molecule has 0 fully saturated rings. The number of carbonyl (C=O) groups is 1. The predicted octanol–water partition coefficient (Wildman–Crippen LogP) is 0.849. The molecule has 0 radical (unpaired) electrons. The summed E-state index contributed by atoms with van der Waals surface area (Å²) >= 11 is 0. The molecule has 20 heavy (non-hydrogen) atoms.